The molecule has 0 amide bonds. The number of hydrogen-bond donors (Lipinski definition) is 1. The van der Waals surface area contributed by atoms with Crippen LogP contribution < -0.4 is 10.6 Å². The lowest BCUT2D eigenvalue weighted by atomic mass is 10.0. The van der Waals surface area contributed by atoms with Gasteiger partial charge < -0.3 is 9.57 Å². The molecule has 0 unspecified atom stereocenters. The van der Waals surface area contributed by atoms with E-state index in [1.165, 1.54) is 12.1 Å². The van der Waals surface area contributed by atoms with Crippen LogP contribution in [0.15, 0.2) is 76.6 Å². The summed E-state index contributed by atoms with van der Waals surface area (Å²) in [7, 11) is 0. The molecule has 0 spiro atoms. The minimum atomic E-state index is -0.593. The van der Waals surface area contributed by atoms with Crippen molar-refractivity contribution in [3.8, 4) is 27.3 Å². The number of carbonyl (C=O) groups is 1. The van der Waals surface area contributed by atoms with Crippen LogP contribution in [0.5, 0.6) is 5.75 Å². The van der Waals surface area contributed by atoms with E-state index in [1.54, 1.807) is 29.5 Å². The lowest BCUT2D eigenvalue weighted by Gasteiger charge is -2.14. The third kappa shape index (κ3) is 4.86. The minimum Gasteiger partial charge on any atom is -0.488 e. The maximum absolute atomic E-state index is 13.3. The van der Waals surface area contributed by atoms with Crippen molar-refractivity contribution in [2.75, 3.05) is 0 Å². The highest BCUT2D eigenvalue weighted by molar-refractivity contribution is 9.10. The van der Waals surface area contributed by atoms with E-state index in [-0.39, 0.29) is 6.61 Å². The van der Waals surface area contributed by atoms with Crippen molar-refractivity contribution in [3.05, 3.63) is 98.5 Å². The van der Waals surface area contributed by atoms with Crippen molar-refractivity contribution in [3.63, 3.8) is 0 Å². The lowest BCUT2D eigenvalue weighted by molar-refractivity contribution is 0.0503. The van der Waals surface area contributed by atoms with Gasteiger partial charge in [0.1, 0.15) is 18.2 Å². The van der Waals surface area contributed by atoms with Crippen molar-refractivity contribution in [1.29, 1.82) is 0 Å². The van der Waals surface area contributed by atoms with Crippen LogP contribution in [0, 0.1) is 5.82 Å². The second-order valence-electron chi connectivity index (χ2n) is 6.81. The van der Waals surface area contributed by atoms with E-state index in [1.807, 2.05) is 41.8 Å². The monoisotopic (exact) mass is 531 g/mol. The molecule has 4 aromatic rings. The average molecular weight is 533 g/mol. The minimum absolute atomic E-state index is 0.198. The molecule has 4 rings (SSSR count). The summed E-state index contributed by atoms with van der Waals surface area (Å²) in [4.78, 5) is 16.9. The van der Waals surface area contributed by atoms with Crippen molar-refractivity contribution in [2.45, 2.75) is 6.61 Å². The standard InChI is InChI=1S/C24H16BrClFNO3S/c25-17-6-8-22(30-13-16-5-7-18(27)12-21(16)26)20(11-17)19-9-10-32-23(19)14-1-3-15(4-2-14)24(29)31-28/h1-12H,13,28H2. The molecule has 0 saturated heterocycles. The normalized spacial score (nSPS) is 10.8. The van der Waals surface area contributed by atoms with Crippen LogP contribution in [-0.2, 0) is 11.4 Å². The number of nitrogens with two attached hydrogens (primary N) is 1. The molecule has 1 heterocycles. The fourth-order valence-corrected chi connectivity index (χ4v) is 4.70. The molecule has 0 aliphatic rings. The van der Waals surface area contributed by atoms with Crippen LogP contribution in [0.2, 0.25) is 5.02 Å². The highest BCUT2D eigenvalue weighted by Gasteiger charge is 2.16. The molecule has 4 nitrogen and oxygen atoms in total. The number of ether oxygens (including phenoxy) is 1. The first-order chi connectivity index (χ1) is 15.5. The Morgan fingerprint density at radius 1 is 1.03 bits per heavy atom. The van der Waals surface area contributed by atoms with Crippen LogP contribution in [-0.4, -0.2) is 5.97 Å². The summed E-state index contributed by atoms with van der Waals surface area (Å²) in [6.07, 6.45) is 0. The summed E-state index contributed by atoms with van der Waals surface area (Å²) < 4.78 is 20.3. The van der Waals surface area contributed by atoms with Crippen molar-refractivity contribution in [2.24, 2.45) is 5.90 Å². The molecule has 0 bridgehead atoms. The predicted octanol–water partition coefficient (Wildman–Crippen LogP) is 7.25. The summed E-state index contributed by atoms with van der Waals surface area (Å²) >= 11 is 11.3. The fourth-order valence-electron chi connectivity index (χ4n) is 3.20. The van der Waals surface area contributed by atoms with Gasteiger partial charge in [0.25, 0.3) is 0 Å². The first kappa shape index (κ1) is 22.5. The van der Waals surface area contributed by atoms with Crippen LogP contribution >= 0.6 is 38.9 Å². The molecule has 32 heavy (non-hydrogen) atoms. The van der Waals surface area contributed by atoms with Crippen LogP contribution in [0.25, 0.3) is 21.6 Å². The molecule has 3 aromatic carbocycles. The Balaban J connectivity index is 1.67. The van der Waals surface area contributed by atoms with E-state index >= 15 is 0 Å². The third-order valence-corrected chi connectivity index (χ3v) is 6.59. The van der Waals surface area contributed by atoms with Gasteiger partial charge in [-0.05, 0) is 59.5 Å². The number of thiophene rings is 1. The smallest absolute Gasteiger partial charge is 0.356 e. The first-order valence-electron chi connectivity index (χ1n) is 9.42. The maximum Gasteiger partial charge on any atom is 0.356 e. The summed E-state index contributed by atoms with van der Waals surface area (Å²) in [5.41, 5.74) is 3.87. The molecule has 8 heteroatoms. The second-order valence-corrected chi connectivity index (χ2v) is 9.05. The molecular weight excluding hydrogens is 517 g/mol. The highest BCUT2D eigenvalue weighted by atomic mass is 79.9. The van der Waals surface area contributed by atoms with Gasteiger partial charge in [0, 0.05) is 26.0 Å². The quantitative estimate of drug-likeness (QED) is 0.266. The van der Waals surface area contributed by atoms with Crippen LogP contribution in [0.4, 0.5) is 4.39 Å². The molecule has 0 aliphatic heterocycles. The first-order valence-corrected chi connectivity index (χ1v) is 11.5. The van der Waals surface area contributed by atoms with Gasteiger partial charge in [-0.1, -0.05) is 45.7 Å². The van der Waals surface area contributed by atoms with Crippen molar-refractivity contribution >= 4 is 44.8 Å². The van der Waals surface area contributed by atoms with Gasteiger partial charge in [0.2, 0.25) is 0 Å². The number of hydrogen-bond acceptors (Lipinski definition) is 5. The lowest BCUT2D eigenvalue weighted by Crippen LogP contribution is -2.09. The van der Waals surface area contributed by atoms with Gasteiger partial charge in [-0.25, -0.2) is 9.18 Å². The molecule has 0 saturated carbocycles. The van der Waals surface area contributed by atoms with E-state index in [0.29, 0.717) is 21.9 Å². The Morgan fingerprint density at radius 3 is 2.53 bits per heavy atom. The van der Waals surface area contributed by atoms with Gasteiger partial charge in [-0.15, -0.1) is 11.3 Å². The zero-order valence-corrected chi connectivity index (χ0v) is 19.6. The van der Waals surface area contributed by atoms with E-state index in [2.05, 4.69) is 20.8 Å². The van der Waals surface area contributed by atoms with Crippen LogP contribution in [0.1, 0.15) is 15.9 Å². The molecule has 2 N–H and O–H groups in total. The van der Waals surface area contributed by atoms with Gasteiger partial charge in [-0.3, -0.25) is 0 Å². The van der Waals surface area contributed by atoms with Gasteiger partial charge in [-0.2, -0.15) is 5.90 Å². The Labute approximate surface area is 201 Å². The summed E-state index contributed by atoms with van der Waals surface area (Å²) in [5, 5.41) is 2.31. The number of benzene rings is 3. The predicted molar refractivity (Wildman–Crippen MR) is 128 cm³/mol. The molecule has 162 valence electrons. The van der Waals surface area contributed by atoms with E-state index < -0.39 is 11.8 Å². The zero-order chi connectivity index (χ0) is 22.7. The molecule has 0 aliphatic carbocycles. The van der Waals surface area contributed by atoms with Crippen molar-refractivity contribution in [1.82, 2.24) is 0 Å². The largest absolute Gasteiger partial charge is 0.488 e. The van der Waals surface area contributed by atoms with Crippen LogP contribution in [0.3, 0.4) is 0 Å². The van der Waals surface area contributed by atoms with E-state index in [0.717, 1.165) is 26.0 Å². The van der Waals surface area contributed by atoms with E-state index in [9.17, 15) is 9.18 Å². The molecular formula is C24H16BrClFNO3S. The van der Waals surface area contributed by atoms with Crippen molar-refractivity contribution < 1.29 is 18.8 Å². The van der Waals surface area contributed by atoms with Gasteiger partial charge in [0.15, 0.2) is 0 Å². The maximum atomic E-state index is 13.3. The Hall–Kier alpha value is -2.71. The Morgan fingerprint density at radius 2 is 1.81 bits per heavy atom. The molecule has 1 aromatic heterocycles. The molecule has 0 fully saturated rings. The topological polar surface area (TPSA) is 61.5 Å². The number of carbonyl (C=O) groups excluding carboxylic acids is 1. The summed E-state index contributed by atoms with van der Waals surface area (Å²) in [6.45, 7) is 0.198. The SMILES string of the molecule is NOC(=O)c1ccc(-c2sccc2-c2cc(Br)ccc2OCc2ccc(F)cc2Cl)cc1. The zero-order valence-electron chi connectivity index (χ0n) is 16.5. The molecule has 0 radical (unpaired) electrons. The van der Waals surface area contributed by atoms with Gasteiger partial charge in [0.05, 0.1) is 10.6 Å². The average Bonchev–Trinajstić information content (AvgIpc) is 3.28. The Kier molecular flexibility index (Phi) is 6.91. The van der Waals surface area contributed by atoms with E-state index in [4.69, 9.17) is 22.2 Å². The highest BCUT2D eigenvalue weighted by Crippen LogP contribution is 2.42. The second kappa shape index (κ2) is 9.83. The number of rotatable bonds is 6. The fraction of sp³-hybridized carbons (Fsp3) is 0.0417. The number of halogens is 3. The summed E-state index contributed by atoms with van der Waals surface area (Å²) in [6, 6.07) is 19.0. The third-order valence-electron chi connectivity index (χ3n) is 4.79. The molecule has 0 atom stereocenters. The Bertz CT molecular complexity index is 1280. The van der Waals surface area contributed by atoms with Gasteiger partial charge >= 0.3 is 5.97 Å². The summed E-state index contributed by atoms with van der Waals surface area (Å²) in [5.74, 6) is 4.64.